The van der Waals surface area contributed by atoms with Gasteiger partial charge in [-0.15, -0.1) is 0 Å². The molecule has 18 heavy (non-hydrogen) atoms. The summed E-state index contributed by atoms with van der Waals surface area (Å²) < 4.78 is 14.0. The molecule has 2 nitrogen and oxygen atoms in total. The van der Waals surface area contributed by atoms with Crippen molar-refractivity contribution < 1.29 is 4.39 Å². The Kier molecular flexibility index (Phi) is 4.44. The van der Waals surface area contributed by atoms with Crippen molar-refractivity contribution in [2.75, 3.05) is 0 Å². The summed E-state index contributed by atoms with van der Waals surface area (Å²) in [5.41, 5.74) is 1.88. The van der Waals surface area contributed by atoms with Gasteiger partial charge in [-0.25, -0.2) is 4.39 Å². The molecule has 0 bridgehead atoms. The first-order valence-corrected chi connectivity index (χ1v) is 6.54. The third kappa shape index (κ3) is 3.37. The van der Waals surface area contributed by atoms with Crippen LogP contribution in [-0.2, 0) is 6.54 Å². The lowest BCUT2D eigenvalue weighted by Crippen LogP contribution is -2.19. The van der Waals surface area contributed by atoms with Gasteiger partial charge in [-0.1, -0.05) is 22.0 Å². The second-order valence-electron chi connectivity index (χ2n) is 4.09. The van der Waals surface area contributed by atoms with Gasteiger partial charge in [0.05, 0.1) is 5.69 Å². The van der Waals surface area contributed by atoms with Crippen molar-refractivity contribution in [1.82, 2.24) is 10.3 Å². The lowest BCUT2D eigenvalue weighted by molar-refractivity contribution is 0.556. The minimum absolute atomic E-state index is 0.126. The maximum Gasteiger partial charge on any atom is 0.123 e. The Bertz CT molecular complexity index is 516. The highest BCUT2D eigenvalue weighted by Crippen LogP contribution is 2.19. The summed E-state index contributed by atoms with van der Waals surface area (Å²) in [5.74, 6) is -0.222. The zero-order valence-corrected chi connectivity index (χ0v) is 11.6. The van der Waals surface area contributed by atoms with Crippen LogP contribution in [0.25, 0.3) is 0 Å². The van der Waals surface area contributed by atoms with E-state index in [1.807, 2.05) is 25.1 Å². The fourth-order valence-electron chi connectivity index (χ4n) is 1.68. The third-order valence-electron chi connectivity index (χ3n) is 2.74. The fraction of sp³-hybridized carbons (Fsp3) is 0.214. The average Bonchev–Trinajstić information content (AvgIpc) is 2.40. The molecule has 4 heteroatoms. The molecule has 1 aromatic carbocycles. The van der Waals surface area contributed by atoms with Crippen molar-refractivity contribution in [3.8, 4) is 0 Å². The number of rotatable bonds is 4. The summed E-state index contributed by atoms with van der Waals surface area (Å²) >= 11 is 3.41. The number of nitrogens with one attached hydrogen (secondary N) is 1. The number of nitrogens with zero attached hydrogens (tertiary/aromatic N) is 1. The first-order valence-electron chi connectivity index (χ1n) is 5.75. The Labute approximate surface area is 114 Å². The summed E-state index contributed by atoms with van der Waals surface area (Å²) in [6.07, 6.45) is 1.77. The van der Waals surface area contributed by atoms with E-state index in [1.54, 1.807) is 12.3 Å². The number of benzene rings is 1. The third-order valence-corrected chi connectivity index (χ3v) is 3.51. The molecule has 0 amide bonds. The van der Waals surface area contributed by atoms with Crippen molar-refractivity contribution in [1.29, 1.82) is 0 Å². The van der Waals surface area contributed by atoms with Gasteiger partial charge in [0.15, 0.2) is 0 Å². The molecular formula is C14H14BrFN2. The Balaban J connectivity index is 2.01. The largest absolute Gasteiger partial charge is 0.305 e. The van der Waals surface area contributed by atoms with Crippen molar-refractivity contribution in [3.05, 3.63) is 64.1 Å². The van der Waals surface area contributed by atoms with Gasteiger partial charge in [0.25, 0.3) is 0 Å². The smallest absolute Gasteiger partial charge is 0.123 e. The van der Waals surface area contributed by atoms with E-state index in [4.69, 9.17) is 0 Å². The zero-order valence-electron chi connectivity index (χ0n) is 10.0. The predicted molar refractivity (Wildman–Crippen MR) is 73.6 cm³/mol. The molecule has 2 aromatic rings. The number of halogens is 2. The van der Waals surface area contributed by atoms with Crippen molar-refractivity contribution in [2.45, 2.75) is 19.5 Å². The Morgan fingerprint density at radius 1 is 1.33 bits per heavy atom. The maximum absolute atomic E-state index is 13.1. The molecule has 0 fully saturated rings. The van der Waals surface area contributed by atoms with Gasteiger partial charge in [-0.3, -0.25) is 4.98 Å². The quantitative estimate of drug-likeness (QED) is 0.928. The van der Waals surface area contributed by atoms with Crippen LogP contribution in [0.2, 0.25) is 0 Å². The van der Waals surface area contributed by atoms with Crippen LogP contribution in [0.3, 0.4) is 0 Å². The molecule has 2 rings (SSSR count). The molecule has 94 valence electrons. The number of hydrogen-bond donors (Lipinski definition) is 1. The average molecular weight is 309 g/mol. The lowest BCUT2D eigenvalue weighted by atomic mass is 10.1. The summed E-state index contributed by atoms with van der Waals surface area (Å²) in [6.45, 7) is 2.63. The molecule has 1 aromatic heterocycles. The normalized spacial score (nSPS) is 12.4. The van der Waals surface area contributed by atoms with E-state index in [2.05, 4.69) is 26.2 Å². The highest BCUT2D eigenvalue weighted by Gasteiger charge is 2.07. The molecule has 0 radical (unpaired) electrons. The SMILES string of the molecule is C[C@H](NCc1cc(F)ccc1Br)c1ccccn1. The second kappa shape index (κ2) is 6.07. The Morgan fingerprint density at radius 2 is 2.17 bits per heavy atom. The highest BCUT2D eigenvalue weighted by atomic mass is 79.9. The first kappa shape index (κ1) is 13.2. The lowest BCUT2D eigenvalue weighted by Gasteiger charge is -2.14. The van der Waals surface area contributed by atoms with E-state index in [9.17, 15) is 4.39 Å². The molecular weight excluding hydrogens is 295 g/mol. The molecule has 1 heterocycles. The van der Waals surface area contributed by atoms with Crippen LogP contribution in [0, 0.1) is 5.82 Å². The molecule has 1 N–H and O–H groups in total. The minimum Gasteiger partial charge on any atom is -0.305 e. The molecule has 0 saturated carbocycles. The second-order valence-corrected chi connectivity index (χ2v) is 4.95. The van der Waals surface area contributed by atoms with Crippen molar-refractivity contribution in [2.24, 2.45) is 0 Å². The van der Waals surface area contributed by atoms with Gasteiger partial charge in [0, 0.05) is 23.3 Å². The molecule has 0 aliphatic heterocycles. The van der Waals surface area contributed by atoms with Crippen LogP contribution in [-0.4, -0.2) is 4.98 Å². The topological polar surface area (TPSA) is 24.9 Å². The van der Waals surface area contributed by atoms with Gasteiger partial charge in [-0.2, -0.15) is 0 Å². The number of pyridine rings is 1. The monoisotopic (exact) mass is 308 g/mol. The molecule has 0 unspecified atom stereocenters. The Morgan fingerprint density at radius 3 is 2.89 bits per heavy atom. The van der Waals surface area contributed by atoms with Crippen LogP contribution in [0.15, 0.2) is 47.1 Å². The van der Waals surface area contributed by atoms with E-state index in [0.717, 1.165) is 15.7 Å². The van der Waals surface area contributed by atoms with Gasteiger partial charge in [0.2, 0.25) is 0 Å². The standard InChI is InChI=1S/C14H14BrFN2/c1-10(14-4-2-3-7-17-14)18-9-11-8-12(16)5-6-13(11)15/h2-8,10,18H,9H2,1H3/t10-/m0/s1. The van der Waals surface area contributed by atoms with E-state index >= 15 is 0 Å². The van der Waals surface area contributed by atoms with Crippen molar-refractivity contribution in [3.63, 3.8) is 0 Å². The summed E-state index contributed by atoms with van der Waals surface area (Å²) in [4.78, 5) is 4.28. The van der Waals surface area contributed by atoms with Crippen LogP contribution in [0.5, 0.6) is 0 Å². The van der Waals surface area contributed by atoms with E-state index in [-0.39, 0.29) is 11.9 Å². The van der Waals surface area contributed by atoms with Gasteiger partial charge in [-0.05, 0) is 42.8 Å². The van der Waals surface area contributed by atoms with Crippen molar-refractivity contribution >= 4 is 15.9 Å². The zero-order chi connectivity index (χ0) is 13.0. The van der Waals surface area contributed by atoms with E-state index < -0.39 is 0 Å². The van der Waals surface area contributed by atoms with Crippen LogP contribution in [0.4, 0.5) is 4.39 Å². The fourth-order valence-corrected chi connectivity index (χ4v) is 2.07. The van der Waals surface area contributed by atoms with Crippen LogP contribution in [0.1, 0.15) is 24.2 Å². The van der Waals surface area contributed by atoms with Gasteiger partial charge in [0.1, 0.15) is 5.82 Å². The van der Waals surface area contributed by atoms with E-state index in [1.165, 1.54) is 12.1 Å². The minimum atomic E-state index is -0.222. The van der Waals surface area contributed by atoms with Crippen LogP contribution >= 0.6 is 15.9 Å². The number of aromatic nitrogens is 1. The summed E-state index contributed by atoms with van der Waals surface area (Å²) in [6, 6.07) is 10.6. The maximum atomic E-state index is 13.1. The summed E-state index contributed by atoms with van der Waals surface area (Å²) in [5, 5.41) is 3.32. The van der Waals surface area contributed by atoms with Gasteiger partial charge >= 0.3 is 0 Å². The van der Waals surface area contributed by atoms with E-state index in [0.29, 0.717) is 6.54 Å². The highest BCUT2D eigenvalue weighted by molar-refractivity contribution is 9.10. The molecule has 0 spiro atoms. The molecule has 0 aliphatic carbocycles. The first-order chi connectivity index (χ1) is 8.66. The number of hydrogen-bond acceptors (Lipinski definition) is 2. The molecule has 0 saturated heterocycles. The Hall–Kier alpha value is -1.26. The molecule has 0 aliphatic rings. The van der Waals surface area contributed by atoms with Gasteiger partial charge < -0.3 is 5.32 Å². The summed E-state index contributed by atoms with van der Waals surface area (Å²) in [7, 11) is 0. The van der Waals surface area contributed by atoms with Crippen LogP contribution < -0.4 is 5.32 Å². The predicted octanol–water partition coefficient (Wildman–Crippen LogP) is 3.83. The molecule has 1 atom stereocenters.